The first kappa shape index (κ1) is 20.5. The second kappa shape index (κ2) is 9.32. The van der Waals surface area contributed by atoms with Crippen LogP contribution < -0.4 is 10.1 Å². The van der Waals surface area contributed by atoms with E-state index in [9.17, 15) is 4.79 Å². The number of carbonyl (C=O) groups is 1. The molecule has 0 saturated heterocycles. The molecule has 2 aromatic carbocycles. The van der Waals surface area contributed by atoms with E-state index in [1.165, 1.54) is 11.8 Å². The Hall–Kier alpha value is -2.22. The molecule has 1 N–H and O–H groups in total. The van der Waals surface area contributed by atoms with Crippen LogP contribution in [0.1, 0.15) is 12.7 Å². The van der Waals surface area contributed by atoms with Crippen LogP contribution in [0.5, 0.6) is 5.75 Å². The molecule has 9 heteroatoms. The van der Waals surface area contributed by atoms with Crippen molar-refractivity contribution >= 4 is 46.6 Å². The zero-order valence-corrected chi connectivity index (χ0v) is 17.6. The van der Waals surface area contributed by atoms with E-state index < -0.39 is 0 Å². The molecule has 1 unspecified atom stereocenters. The number of anilines is 1. The van der Waals surface area contributed by atoms with E-state index in [2.05, 4.69) is 15.5 Å². The molecule has 0 aliphatic heterocycles. The molecule has 6 nitrogen and oxygen atoms in total. The Kier molecular flexibility index (Phi) is 6.83. The van der Waals surface area contributed by atoms with Gasteiger partial charge < -0.3 is 14.6 Å². The molecule has 0 aliphatic carbocycles. The Labute approximate surface area is 177 Å². The van der Waals surface area contributed by atoms with Gasteiger partial charge in [-0.25, -0.2) is 0 Å². The second-order valence-corrected chi connectivity index (χ2v) is 8.09. The summed E-state index contributed by atoms with van der Waals surface area (Å²) in [6, 6.07) is 14.2. The highest BCUT2D eigenvalue weighted by Gasteiger charge is 2.19. The first-order chi connectivity index (χ1) is 13.4. The van der Waals surface area contributed by atoms with E-state index in [1.807, 2.05) is 19.2 Å². The van der Waals surface area contributed by atoms with Gasteiger partial charge in [0.05, 0.1) is 10.3 Å². The molecular formula is C19H18Cl2N4O2S. The third-order valence-electron chi connectivity index (χ3n) is 3.86. The fraction of sp³-hybridized carbons (Fsp3) is 0.211. The minimum Gasteiger partial charge on any atom is -0.484 e. The summed E-state index contributed by atoms with van der Waals surface area (Å²) in [6.45, 7) is 2.02. The monoisotopic (exact) mass is 436 g/mol. The second-order valence-electron chi connectivity index (χ2n) is 5.94. The number of hydrogen-bond acceptors (Lipinski definition) is 5. The molecule has 1 heterocycles. The number of thioether (sulfide) groups is 1. The van der Waals surface area contributed by atoms with E-state index >= 15 is 0 Å². The fourth-order valence-electron chi connectivity index (χ4n) is 2.30. The van der Waals surface area contributed by atoms with Crippen LogP contribution in [0.2, 0.25) is 10.0 Å². The summed E-state index contributed by atoms with van der Waals surface area (Å²) in [5, 5.41) is 12.5. The van der Waals surface area contributed by atoms with Crippen LogP contribution in [-0.4, -0.2) is 25.9 Å². The Balaban J connectivity index is 1.60. The molecule has 0 saturated carbocycles. The number of nitrogens with one attached hydrogen (secondary N) is 1. The van der Waals surface area contributed by atoms with Gasteiger partial charge in [-0.15, -0.1) is 10.2 Å². The number of halogens is 2. The molecule has 3 rings (SSSR count). The third kappa shape index (κ3) is 5.19. The number of aromatic nitrogens is 3. The maximum atomic E-state index is 12.4. The molecular weight excluding hydrogens is 419 g/mol. The van der Waals surface area contributed by atoms with Crippen molar-refractivity contribution in [2.75, 3.05) is 5.32 Å². The van der Waals surface area contributed by atoms with Crippen LogP contribution in [0.15, 0.2) is 53.7 Å². The molecule has 28 heavy (non-hydrogen) atoms. The molecule has 146 valence electrons. The van der Waals surface area contributed by atoms with E-state index in [0.29, 0.717) is 32.5 Å². The van der Waals surface area contributed by atoms with Crippen molar-refractivity contribution in [3.05, 3.63) is 64.4 Å². The van der Waals surface area contributed by atoms with E-state index in [0.717, 1.165) is 0 Å². The third-order valence-corrected chi connectivity index (χ3v) is 5.54. The van der Waals surface area contributed by atoms with E-state index in [-0.39, 0.29) is 17.8 Å². The number of rotatable bonds is 7. The Bertz CT molecular complexity index is 980. The van der Waals surface area contributed by atoms with Crippen molar-refractivity contribution in [1.82, 2.24) is 14.8 Å². The van der Waals surface area contributed by atoms with Crippen molar-refractivity contribution in [2.24, 2.45) is 7.05 Å². The number of benzene rings is 2. The topological polar surface area (TPSA) is 69.0 Å². The Morgan fingerprint density at radius 3 is 2.75 bits per heavy atom. The summed E-state index contributed by atoms with van der Waals surface area (Å²) in [6.07, 6.45) is 0. The lowest BCUT2D eigenvalue weighted by Gasteiger charge is -2.12. The highest BCUT2D eigenvalue weighted by molar-refractivity contribution is 8.00. The average Bonchev–Trinajstić information content (AvgIpc) is 3.01. The maximum absolute atomic E-state index is 12.4. The summed E-state index contributed by atoms with van der Waals surface area (Å²) < 4.78 is 7.50. The number of para-hydroxylation sites is 1. The van der Waals surface area contributed by atoms with Crippen LogP contribution in [0.4, 0.5) is 5.69 Å². The highest BCUT2D eigenvalue weighted by atomic mass is 35.5. The lowest BCUT2D eigenvalue weighted by molar-refractivity contribution is -0.115. The normalized spacial score (nSPS) is 11.9. The summed E-state index contributed by atoms with van der Waals surface area (Å²) in [7, 11) is 1.83. The van der Waals surface area contributed by atoms with E-state index in [4.69, 9.17) is 27.9 Å². The van der Waals surface area contributed by atoms with E-state index in [1.54, 1.807) is 47.9 Å². The quantitative estimate of drug-likeness (QED) is 0.537. The van der Waals surface area contributed by atoms with Gasteiger partial charge in [0, 0.05) is 17.8 Å². The molecule has 0 spiro atoms. The summed E-state index contributed by atoms with van der Waals surface area (Å²) in [4.78, 5) is 12.4. The number of nitrogens with zero attached hydrogens (tertiary/aromatic N) is 3. The van der Waals surface area contributed by atoms with Gasteiger partial charge in [-0.1, -0.05) is 53.2 Å². The van der Waals surface area contributed by atoms with Gasteiger partial charge >= 0.3 is 0 Å². The summed E-state index contributed by atoms with van der Waals surface area (Å²) in [5.41, 5.74) is 0.650. The van der Waals surface area contributed by atoms with Crippen molar-refractivity contribution in [1.29, 1.82) is 0 Å². The Morgan fingerprint density at radius 2 is 2.00 bits per heavy atom. The number of ether oxygens (including phenoxy) is 1. The van der Waals surface area contributed by atoms with Crippen molar-refractivity contribution in [3.8, 4) is 5.75 Å². The van der Waals surface area contributed by atoms with Crippen LogP contribution in [0.25, 0.3) is 0 Å². The number of carbonyl (C=O) groups excluding carboxylic acids is 1. The predicted octanol–water partition coefficient (Wildman–Crippen LogP) is 4.82. The highest BCUT2D eigenvalue weighted by Crippen LogP contribution is 2.26. The predicted molar refractivity (Wildman–Crippen MR) is 112 cm³/mol. The minimum absolute atomic E-state index is 0.149. The largest absolute Gasteiger partial charge is 0.484 e. The molecule has 1 aromatic heterocycles. The lowest BCUT2D eigenvalue weighted by atomic mass is 10.3. The summed E-state index contributed by atoms with van der Waals surface area (Å²) >= 11 is 13.3. The fourth-order valence-corrected chi connectivity index (χ4v) is 3.51. The van der Waals surface area contributed by atoms with Crippen LogP contribution >= 0.6 is 35.0 Å². The molecule has 1 amide bonds. The molecule has 0 bridgehead atoms. The van der Waals surface area contributed by atoms with Gasteiger partial charge in [0.15, 0.2) is 11.0 Å². The first-order valence-electron chi connectivity index (χ1n) is 8.42. The minimum atomic E-state index is -0.376. The van der Waals surface area contributed by atoms with Gasteiger partial charge in [0.1, 0.15) is 12.4 Å². The van der Waals surface area contributed by atoms with Gasteiger partial charge in [-0.3, -0.25) is 4.79 Å². The lowest BCUT2D eigenvalue weighted by Crippen LogP contribution is -2.22. The van der Waals surface area contributed by atoms with Crippen LogP contribution in [-0.2, 0) is 18.4 Å². The molecule has 0 fully saturated rings. The summed E-state index contributed by atoms with van der Waals surface area (Å²) in [5.74, 6) is 1.06. The van der Waals surface area contributed by atoms with Crippen molar-refractivity contribution < 1.29 is 9.53 Å². The Morgan fingerprint density at radius 1 is 1.21 bits per heavy atom. The van der Waals surface area contributed by atoms with Gasteiger partial charge in [-0.05, 0) is 37.3 Å². The van der Waals surface area contributed by atoms with Crippen molar-refractivity contribution in [3.63, 3.8) is 0 Å². The van der Waals surface area contributed by atoms with Gasteiger partial charge in [0.25, 0.3) is 0 Å². The zero-order valence-electron chi connectivity index (χ0n) is 15.2. The van der Waals surface area contributed by atoms with Crippen LogP contribution in [0.3, 0.4) is 0 Å². The molecule has 0 radical (unpaired) electrons. The smallest absolute Gasteiger partial charge is 0.237 e. The van der Waals surface area contributed by atoms with Gasteiger partial charge in [-0.2, -0.15) is 0 Å². The van der Waals surface area contributed by atoms with Crippen molar-refractivity contribution in [2.45, 2.75) is 23.9 Å². The van der Waals surface area contributed by atoms with Gasteiger partial charge in [0.2, 0.25) is 5.91 Å². The molecule has 0 aliphatic rings. The number of hydrogen-bond donors (Lipinski definition) is 1. The molecule has 3 aromatic rings. The first-order valence-corrected chi connectivity index (χ1v) is 10.1. The maximum Gasteiger partial charge on any atom is 0.237 e. The standard InChI is InChI=1S/C19H18Cl2N4O2S/c1-12(18(26)22-14-7-5-6-13(20)10-14)28-19-24-23-17(25(19)2)11-27-16-9-4-3-8-15(16)21/h3-10,12H,11H2,1-2H3,(H,22,26). The number of amides is 1. The van der Waals surface area contributed by atoms with Crippen LogP contribution in [0, 0.1) is 0 Å². The zero-order chi connectivity index (χ0) is 20.1. The SMILES string of the molecule is CC(Sc1nnc(COc2ccccc2Cl)n1C)C(=O)Nc1cccc(Cl)c1. The molecule has 1 atom stereocenters. The average molecular weight is 437 g/mol.